The summed E-state index contributed by atoms with van der Waals surface area (Å²) >= 11 is 0. The molecule has 1 amide bonds. The van der Waals surface area contributed by atoms with Crippen LogP contribution < -0.4 is 5.32 Å². The number of amides is 1. The number of hydrogen-bond donors (Lipinski definition) is 2. The molecular weight excluding hydrogens is 220 g/mol. The average Bonchev–Trinajstić information content (AvgIpc) is 2.75. The fraction of sp³-hybridized carbons (Fsp3) is 0.500. The Balaban J connectivity index is 1.91. The number of rotatable bonds is 3. The Labute approximate surface area is 99.8 Å². The zero-order valence-corrected chi connectivity index (χ0v) is 9.77. The summed E-state index contributed by atoms with van der Waals surface area (Å²) in [4.78, 5) is 15.8. The highest BCUT2D eigenvalue weighted by Crippen LogP contribution is 2.17. The van der Waals surface area contributed by atoms with Gasteiger partial charge >= 0.3 is 0 Å². The molecule has 1 unspecified atom stereocenters. The molecule has 5 nitrogen and oxygen atoms in total. The van der Waals surface area contributed by atoms with Crippen LogP contribution in [0.5, 0.6) is 0 Å². The number of nitrogens with zero attached hydrogens (tertiary/aromatic N) is 1. The van der Waals surface area contributed by atoms with Crippen LogP contribution in [-0.2, 0) is 4.74 Å². The van der Waals surface area contributed by atoms with Crippen LogP contribution in [0.25, 0.3) is 0 Å². The smallest absolute Gasteiger partial charge is 0.252 e. The van der Waals surface area contributed by atoms with E-state index in [0.717, 1.165) is 5.69 Å². The molecule has 0 spiro atoms. The van der Waals surface area contributed by atoms with E-state index in [0.29, 0.717) is 18.6 Å². The van der Waals surface area contributed by atoms with Gasteiger partial charge in [-0.1, -0.05) is 0 Å². The number of hydrogen-bond acceptors (Lipinski definition) is 4. The molecule has 1 fully saturated rings. The largest absolute Gasteiger partial charge is 0.386 e. The Bertz CT molecular complexity index is 397. The van der Waals surface area contributed by atoms with Gasteiger partial charge in [-0.3, -0.25) is 9.78 Å². The van der Waals surface area contributed by atoms with Crippen LogP contribution in [0.2, 0.25) is 0 Å². The standard InChI is InChI=1S/C12H16N2O3/c1-9-2-3-10(6-13-9)11(15)14-7-12(16)4-5-17-8-12/h2-3,6,16H,4-5,7-8H2,1H3,(H,14,15). The van der Waals surface area contributed by atoms with Crippen molar-refractivity contribution in [1.82, 2.24) is 10.3 Å². The number of pyridine rings is 1. The third kappa shape index (κ3) is 3.01. The van der Waals surface area contributed by atoms with Crippen LogP contribution in [0.4, 0.5) is 0 Å². The highest BCUT2D eigenvalue weighted by Gasteiger charge is 2.32. The van der Waals surface area contributed by atoms with Gasteiger partial charge in [-0.25, -0.2) is 0 Å². The van der Waals surface area contributed by atoms with Crippen molar-refractivity contribution in [3.05, 3.63) is 29.6 Å². The van der Waals surface area contributed by atoms with Crippen LogP contribution in [-0.4, -0.2) is 41.4 Å². The second-order valence-corrected chi connectivity index (χ2v) is 4.40. The van der Waals surface area contributed by atoms with E-state index in [-0.39, 0.29) is 19.1 Å². The molecule has 1 aliphatic rings. The van der Waals surface area contributed by atoms with Gasteiger partial charge in [0.15, 0.2) is 0 Å². The van der Waals surface area contributed by atoms with E-state index < -0.39 is 5.60 Å². The molecule has 0 saturated carbocycles. The lowest BCUT2D eigenvalue weighted by molar-refractivity contribution is 0.0264. The van der Waals surface area contributed by atoms with Gasteiger partial charge in [-0.2, -0.15) is 0 Å². The molecule has 92 valence electrons. The normalized spacial score (nSPS) is 23.6. The highest BCUT2D eigenvalue weighted by molar-refractivity contribution is 5.93. The summed E-state index contributed by atoms with van der Waals surface area (Å²) in [6.45, 7) is 2.89. The van der Waals surface area contributed by atoms with Gasteiger partial charge in [-0.05, 0) is 19.1 Å². The summed E-state index contributed by atoms with van der Waals surface area (Å²) in [6, 6.07) is 3.50. The van der Waals surface area contributed by atoms with Gasteiger partial charge in [0.2, 0.25) is 0 Å². The Morgan fingerprint density at radius 3 is 3.06 bits per heavy atom. The lowest BCUT2D eigenvalue weighted by Crippen LogP contribution is -2.43. The van der Waals surface area contributed by atoms with Crippen LogP contribution in [0, 0.1) is 6.92 Å². The van der Waals surface area contributed by atoms with E-state index in [2.05, 4.69) is 10.3 Å². The first-order chi connectivity index (χ1) is 8.09. The monoisotopic (exact) mass is 236 g/mol. The van der Waals surface area contributed by atoms with Gasteiger partial charge in [0, 0.05) is 31.5 Å². The first-order valence-corrected chi connectivity index (χ1v) is 5.60. The summed E-state index contributed by atoms with van der Waals surface area (Å²) < 4.78 is 5.10. The van der Waals surface area contributed by atoms with Gasteiger partial charge in [0.05, 0.1) is 12.2 Å². The Morgan fingerprint density at radius 2 is 2.47 bits per heavy atom. The zero-order chi connectivity index (χ0) is 12.3. The SMILES string of the molecule is Cc1ccc(C(=O)NCC2(O)CCOC2)cn1. The topological polar surface area (TPSA) is 71.5 Å². The Kier molecular flexibility index (Phi) is 3.40. The van der Waals surface area contributed by atoms with Crippen LogP contribution in [0.3, 0.4) is 0 Å². The van der Waals surface area contributed by atoms with E-state index >= 15 is 0 Å². The summed E-state index contributed by atoms with van der Waals surface area (Å²) in [6.07, 6.45) is 2.08. The molecule has 1 atom stereocenters. The molecule has 1 aromatic heterocycles. The number of carbonyl (C=O) groups excluding carboxylic acids is 1. The van der Waals surface area contributed by atoms with Crippen molar-refractivity contribution in [3.63, 3.8) is 0 Å². The summed E-state index contributed by atoms with van der Waals surface area (Å²) in [5.41, 5.74) is 0.441. The fourth-order valence-corrected chi connectivity index (χ4v) is 1.68. The lowest BCUT2D eigenvalue weighted by Gasteiger charge is -2.20. The molecule has 0 radical (unpaired) electrons. The van der Waals surface area contributed by atoms with Crippen molar-refractivity contribution >= 4 is 5.91 Å². The van der Waals surface area contributed by atoms with E-state index in [4.69, 9.17) is 4.74 Å². The van der Waals surface area contributed by atoms with Crippen LogP contribution >= 0.6 is 0 Å². The van der Waals surface area contributed by atoms with E-state index in [9.17, 15) is 9.90 Å². The number of ether oxygens (including phenoxy) is 1. The molecule has 0 bridgehead atoms. The number of carbonyl (C=O) groups is 1. The third-order valence-corrected chi connectivity index (χ3v) is 2.83. The van der Waals surface area contributed by atoms with Crippen molar-refractivity contribution in [1.29, 1.82) is 0 Å². The molecule has 2 rings (SSSR count). The summed E-state index contributed by atoms with van der Waals surface area (Å²) in [5, 5.41) is 12.7. The molecule has 0 aromatic carbocycles. The van der Waals surface area contributed by atoms with Crippen molar-refractivity contribution in [2.24, 2.45) is 0 Å². The molecule has 1 aliphatic heterocycles. The average molecular weight is 236 g/mol. The highest BCUT2D eigenvalue weighted by atomic mass is 16.5. The minimum Gasteiger partial charge on any atom is -0.386 e. The molecule has 17 heavy (non-hydrogen) atoms. The first-order valence-electron chi connectivity index (χ1n) is 5.60. The molecule has 1 aromatic rings. The molecular formula is C12H16N2O3. The number of aromatic nitrogens is 1. The van der Waals surface area contributed by atoms with Crippen molar-refractivity contribution in [3.8, 4) is 0 Å². The number of aliphatic hydroxyl groups is 1. The molecule has 5 heteroatoms. The van der Waals surface area contributed by atoms with Crippen LogP contribution in [0.15, 0.2) is 18.3 Å². The minimum absolute atomic E-state index is 0.208. The van der Waals surface area contributed by atoms with Gasteiger partial charge in [0.1, 0.15) is 5.60 Å². The van der Waals surface area contributed by atoms with E-state index in [1.165, 1.54) is 6.20 Å². The fourth-order valence-electron chi connectivity index (χ4n) is 1.68. The van der Waals surface area contributed by atoms with Crippen molar-refractivity contribution < 1.29 is 14.6 Å². The number of aryl methyl sites for hydroxylation is 1. The van der Waals surface area contributed by atoms with Gasteiger partial charge < -0.3 is 15.2 Å². The Morgan fingerprint density at radius 1 is 1.65 bits per heavy atom. The first kappa shape index (κ1) is 12.0. The molecule has 2 N–H and O–H groups in total. The quantitative estimate of drug-likeness (QED) is 0.790. The van der Waals surface area contributed by atoms with Gasteiger partial charge in [-0.15, -0.1) is 0 Å². The molecule has 2 heterocycles. The molecule has 1 saturated heterocycles. The predicted molar refractivity (Wildman–Crippen MR) is 61.7 cm³/mol. The predicted octanol–water partition coefficient (Wildman–Crippen LogP) is 0.271. The lowest BCUT2D eigenvalue weighted by atomic mass is 10.0. The summed E-state index contributed by atoms with van der Waals surface area (Å²) in [7, 11) is 0. The Hall–Kier alpha value is -1.46. The third-order valence-electron chi connectivity index (χ3n) is 2.83. The van der Waals surface area contributed by atoms with E-state index in [1.54, 1.807) is 12.1 Å². The maximum Gasteiger partial charge on any atom is 0.252 e. The summed E-state index contributed by atoms with van der Waals surface area (Å²) in [5.74, 6) is -0.224. The second-order valence-electron chi connectivity index (χ2n) is 4.40. The molecule has 0 aliphatic carbocycles. The maximum absolute atomic E-state index is 11.8. The second kappa shape index (κ2) is 4.81. The van der Waals surface area contributed by atoms with E-state index in [1.807, 2.05) is 6.92 Å². The van der Waals surface area contributed by atoms with Crippen molar-refractivity contribution in [2.45, 2.75) is 18.9 Å². The van der Waals surface area contributed by atoms with Gasteiger partial charge in [0.25, 0.3) is 5.91 Å². The minimum atomic E-state index is -0.923. The van der Waals surface area contributed by atoms with Crippen molar-refractivity contribution in [2.75, 3.05) is 19.8 Å². The zero-order valence-electron chi connectivity index (χ0n) is 9.77. The van der Waals surface area contributed by atoms with Crippen LogP contribution in [0.1, 0.15) is 22.5 Å². The maximum atomic E-state index is 11.8. The number of nitrogens with one attached hydrogen (secondary N) is 1.